The highest BCUT2D eigenvalue weighted by atomic mass is 19.1. The van der Waals surface area contributed by atoms with Crippen LogP contribution in [-0.2, 0) is 41.6 Å². The number of halogens is 2. The largest absolute Gasteiger partial charge is 0.508 e. The fourth-order valence-corrected chi connectivity index (χ4v) is 16.2. The molecule has 83 heavy (non-hydrogen) atoms. The summed E-state index contributed by atoms with van der Waals surface area (Å²) in [6, 6.07) is -2.90. The van der Waals surface area contributed by atoms with Gasteiger partial charge in [-0.3, -0.25) is 43.5 Å². The number of hydrogen-bond donors (Lipinski definition) is 13. The third-order valence-electron chi connectivity index (χ3n) is 19.9. The van der Waals surface area contributed by atoms with Crippen molar-refractivity contribution in [2.75, 3.05) is 70.5 Å². The Hall–Kier alpha value is -6.96. The normalized spacial score (nSPS) is 32.5. The number of carbonyl (C=O) groups is 6. The number of benzene rings is 2. The molecule has 2 saturated carbocycles. The van der Waals surface area contributed by atoms with Gasteiger partial charge in [0.2, 0.25) is 11.6 Å². The van der Waals surface area contributed by atoms with Crippen molar-refractivity contribution in [2.45, 2.75) is 114 Å². The Bertz CT molecular complexity index is 3370. The lowest BCUT2D eigenvalue weighted by atomic mass is 9.57. The lowest BCUT2D eigenvalue weighted by Gasteiger charge is -2.51. The van der Waals surface area contributed by atoms with Crippen LogP contribution in [0, 0.1) is 47.1 Å². The Kier molecular flexibility index (Phi) is 14.4. The Morgan fingerprint density at radius 1 is 0.663 bits per heavy atom. The van der Waals surface area contributed by atoms with Gasteiger partial charge in [-0.15, -0.1) is 0 Å². The molecular weight excluding hydrogens is 1080 g/mol. The highest BCUT2D eigenvalue weighted by Gasteiger charge is 2.66. The highest BCUT2D eigenvalue weighted by molar-refractivity contribution is 6.25. The second-order valence-corrected chi connectivity index (χ2v) is 24.3. The van der Waals surface area contributed by atoms with Crippen molar-refractivity contribution in [3.63, 3.8) is 0 Å². The quantitative estimate of drug-likeness (QED) is 0.120. The van der Waals surface area contributed by atoms with Gasteiger partial charge in [0, 0.05) is 70.4 Å². The van der Waals surface area contributed by atoms with E-state index in [1.807, 2.05) is 44.7 Å². The number of rotatable bonds is 10. The molecule has 22 nitrogen and oxygen atoms in total. The molecule has 15 N–H and O–H groups in total. The first-order valence-electron chi connectivity index (χ1n) is 28.8. The minimum atomic E-state index is -2.74. The smallest absolute Gasteiger partial charge is 0.255 e. The predicted molar refractivity (Wildman–Crippen MR) is 295 cm³/mol. The number of aliphatic hydroxyl groups excluding tert-OH is 4. The van der Waals surface area contributed by atoms with E-state index in [2.05, 4.69) is 16.0 Å². The van der Waals surface area contributed by atoms with Gasteiger partial charge in [0.1, 0.15) is 57.3 Å². The van der Waals surface area contributed by atoms with Gasteiger partial charge in [-0.05, 0) is 128 Å². The van der Waals surface area contributed by atoms with Crippen LogP contribution in [-0.4, -0.2) is 174 Å². The molecule has 12 atom stereocenters. The maximum atomic E-state index is 16.5. The zero-order valence-corrected chi connectivity index (χ0v) is 46.9. The van der Waals surface area contributed by atoms with E-state index in [1.54, 1.807) is 4.90 Å². The van der Waals surface area contributed by atoms with Gasteiger partial charge in [0.05, 0.1) is 34.6 Å². The molecule has 0 radical (unpaired) electrons. The van der Waals surface area contributed by atoms with Gasteiger partial charge in [-0.2, -0.15) is 0 Å². The summed E-state index contributed by atoms with van der Waals surface area (Å²) in [5.41, 5.74) is 3.70. The number of primary amides is 2. The molecule has 4 heterocycles. The van der Waals surface area contributed by atoms with Crippen molar-refractivity contribution >= 4 is 57.8 Å². The zero-order chi connectivity index (χ0) is 60.0. The number of aliphatic hydroxyl groups is 6. The second kappa shape index (κ2) is 20.7. The number of likely N-dealkylation sites (tertiary alicyclic amines) is 2. The SMILES string of the molecule is CCCN(CCC)[C@@H]1C(=O)C(C(N)=O)=C(O)[C@@]2(O)C(=O)C3=C(O)c4c(O)c5c(c(F)c4C[C@H]3C[C@@H]12)C1C(CCN1C)CN5.CCCN[C@@H]1C(=O)C(C(N)=O)=C(O)[C@@]2(O)C(=O)C3=C(O)c4c(O)c5c(c(F)c4C[C@H]3C[C@@H]12)C1C(CCN1C)CN5. The van der Waals surface area contributed by atoms with E-state index in [1.165, 1.54) is 0 Å². The molecule has 2 aromatic carbocycles. The van der Waals surface area contributed by atoms with Gasteiger partial charge in [0.25, 0.3) is 11.8 Å². The summed E-state index contributed by atoms with van der Waals surface area (Å²) < 4.78 is 32.9. The van der Waals surface area contributed by atoms with Crippen LogP contribution < -0.4 is 27.4 Å². The molecule has 24 heteroatoms. The van der Waals surface area contributed by atoms with Gasteiger partial charge >= 0.3 is 0 Å². The van der Waals surface area contributed by atoms with E-state index in [0.717, 1.165) is 25.9 Å². The Morgan fingerprint density at radius 3 is 1.51 bits per heavy atom. The number of aromatic hydroxyl groups is 2. The first-order chi connectivity index (χ1) is 39.3. The number of anilines is 2. The number of hydrogen-bond acceptors (Lipinski definition) is 20. The van der Waals surface area contributed by atoms with Crippen LogP contribution in [0.25, 0.3) is 11.5 Å². The van der Waals surface area contributed by atoms with Crippen molar-refractivity contribution in [1.29, 1.82) is 0 Å². The molecule has 446 valence electrons. The molecule has 10 aliphatic rings. The number of phenolic OH excluding ortho intramolecular Hbond substituents is 2. The molecular formula is C59H72F2N8O14. The standard InChI is InChI=1S/C31H39FN4O7.C28H33FN4O7/c1-4-7-36(8-5-2)24-16-11-14-10-15-18(26(38)22-19(21(15)32)23-13(12-34-22)6-9-35(23)3)25(37)17(14)28(40)31(16,43)29(41)20(27(24)39)30(33)42;1-3-5-31-19-13-8-11-7-12-15(23(35)20-16(18(12)29)21-10(9-32-20)4-6-33(21)2)22(34)14(11)25(37)28(13,40)26(38)17(24(19)36)27(30)39/h13-14,16,23-24,34,37-38,41,43H,4-12H2,1-3H3,(H2,33,42);10-11,13,19,21,31-32,34-35,38,40H,3-9H2,1-2H3,(H2,30,39)/t13?,14-,16-,23?,24-,31-;10?,11-,13-,19-,21?,28-/m00/s1. The number of nitrogens with zero attached hydrogens (tertiary/aromatic N) is 3. The Morgan fingerprint density at radius 2 is 1.08 bits per heavy atom. The average Bonchev–Trinajstić information content (AvgIpc) is 1.10. The third kappa shape index (κ3) is 8.05. The number of phenols is 2. The molecule has 0 aromatic heterocycles. The second-order valence-electron chi connectivity index (χ2n) is 24.3. The monoisotopic (exact) mass is 1150 g/mol. The van der Waals surface area contributed by atoms with Crippen molar-refractivity contribution in [1.82, 2.24) is 20.0 Å². The molecule has 0 bridgehead atoms. The van der Waals surface area contributed by atoms with Gasteiger partial charge in [-0.25, -0.2) is 8.78 Å². The van der Waals surface area contributed by atoms with Crippen molar-refractivity contribution in [3.05, 3.63) is 78.8 Å². The van der Waals surface area contributed by atoms with E-state index in [4.69, 9.17) is 11.5 Å². The summed E-state index contributed by atoms with van der Waals surface area (Å²) in [6.07, 6.45) is 3.27. The van der Waals surface area contributed by atoms with E-state index >= 15 is 8.78 Å². The number of Topliss-reactive ketones (excluding diaryl/α,β-unsaturated/α-hetero) is 4. The minimum absolute atomic E-state index is 0.0567. The van der Waals surface area contributed by atoms with Crippen LogP contribution in [0.3, 0.4) is 0 Å². The number of nitrogens with two attached hydrogens (primary N) is 2. The van der Waals surface area contributed by atoms with E-state index in [-0.39, 0.29) is 100 Å². The molecule has 0 spiro atoms. The number of ketones is 4. The van der Waals surface area contributed by atoms with Crippen LogP contribution in [0.5, 0.6) is 11.5 Å². The molecule has 4 unspecified atom stereocenters. The van der Waals surface area contributed by atoms with E-state index in [0.29, 0.717) is 63.1 Å². The summed E-state index contributed by atoms with van der Waals surface area (Å²) in [5, 5.41) is 101. The van der Waals surface area contributed by atoms with Gasteiger partial charge in [0.15, 0.2) is 22.8 Å². The Labute approximate surface area is 476 Å². The maximum absolute atomic E-state index is 16.5. The lowest BCUT2D eigenvalue weighted by Crippen LogP contribution is -2.66. The van der Waals surface area contributed by atoms with Crippen LogP contribution in [0.1, 0.15) is 111 Å². The van der Waals surface area contributed by atoms with Crippen LogP contribution in [0.15, 0.2) is 33.8 Å². The maximum Gasteiger partial charge on any atom is 0.255 e. The molecule has 2 amide bonds. The zero-order valence-electron chi connectivity index (χ0n) is 46.9. The summed E-state index contributed by atoms with van der Waals surface area (Å²) in [5.74, 6) is -15.8. The highest BCUT2D eigenvalue weighted by Crippen LogP contribution is 2.59. The van der Waals surface area contributed by atoms with Gasteiger partial charge < -0.3 is 68.3 Å². The van der Waals surface area contributed by atoms with E-state index in [9.17, 15) is 69.6 Å². The summed E-state index contributed by atoms with van der Waals surface area (Å²) in [7, 11) is 3.81. The molecule has 12 rings (SSSR count). The van der Waals surface area contributed by atoms with Gasteiger partial charge in [-0.1, -0.05) is 20.8 Å². The summed E-state index contributed by atoms with van der Waals surface area (Å²) >= 11 is 0. The fourth-order valence-electron chi connectivity index (χ4n) is 16.2. The van der Waals surface area contributed by atoms with Crippen LogP contribution >= 0.6 is 0 Å². The molecule has 4 fully saturated rings. The molecule has 2 saturated heterocycles. The minimum Gasteiger partial charge on any atom is -0.508 e. The first kappa shape index (κ1) is 57.8. The van der Waals surface area contributed by atoms with Crippen molar-refractivity contribution in [2.24, 2.45) is 47.0 Å². The number of amides is 2. The lowest BCUT2D eigenvalue weighted by molar-refractivity contribution is -0.155. The molecule has 6 aliphatic carbocycles. The third-order valence-corrected chi connectivity index (χ3v) is 19.9. The van der Waals surface area contributed by atoms with Crippen LogP contribution in [0.4, 0.5) is 20.2 Å². The first-order valence-corrected chi connectivity index (χ1v) is 28.8. The fraction of sp³-hybridized carbons (Fsp3) is 0.559. The number of carbonyl (C=O) groups excluding carboxylic acids is 6. The predicted octanol–water partition coefficient (Wildman–Crippen LogP) is 3.04. The van der Waals surface area contributed by atoms with Crippen molar-refractivity contribution in [3.8, 4) is 11.5 Å². The topological polar surface area (TPSA) is 362 Å². The Balaban J connectivity index is 0.000000174. The summed E-state index contributed by atoms with van der Waals surface area (Å²) in [4.78, 5) is 85.6. The van der Waals surface area contributed by atoms with Crippen LogP contribution in [0.2, 0.25) is 0 Å². The average molecular weight is 1160 g/mol. The number of fused-ring (bicyclic) bond motifs is 12. The molecule has 4 aliphatic heterocycles. The molecule has 2 aromatic rings. The van der Waals surface area contributed by atoms with Crippen molar-refractivity contribution < 1.29 is 78.4 Å². The number of nitrogens with one attached hydrogen (secondary N) is 3. The summed E-state index contributed by atoms with van der Waals surface area (Å²) in [6.45, 7) is 9.34. The van der Waals surface area contributed by atoms with E-state index < -0.39 is 133 Å².